The van der Waals surface area contributed by atoms with E-state index in [-0.39, 0.29) is 17.7 Å². The molecule has 0 unspecified atom stereocenters. The van der Waals surface area contributed by atoms with E-state index in [1.165, 1.54) is 19.3 Å². The number of unbranched alkanes of at least 4 members (excludes halogenated alkanes) is 2. The molecule has 34 heavy (non-hydrogen) atoms. The third-order valence-electron chi connectivity index (χ3n) is 6.34. The fraction of sp³-hybridized carbons (Fsp3) is 0.704. The molecule has 1 fully saturated rings. The van der Waals surface area contributed by atoms with Crippen LogP contribution < -0.4 is 26.8 Å². The maximum Gasteiger partial charge on any atom is 0.255 e. The SMILES string of the molecule is CC(C)Nc1ccc(OCCCCCN)c(C(=O)N[C@@H](CC2CCCCC2)C(=O)C(C)(C)N)c1. The molecule has 1 aliphatic carbocycles. The summed E-state index contributed by atoms with van der Waals surface area (Å²) in [5, 5.41) is 6.37. The lowest BCUT2D eigenvalue weighted by Gasteiger charge is -2.30. The van der Waals surface area contributed by atoms with E-state index in [9.17, 15) is 9.59 Å². The Bertz CT molecular complexity index is 783. The number of benzene rings is 1. The Morgan fingerprint density at radius 1 is 1.12 bits per heavy atom. The molecule has 0 aromatic heterocycles. The molecule has 0 aliphatic heterocycles. The normalized spacial score (nSPS) is 15.7. The van der Waals surface area contributed by atoms with Crippen molar-refractivity contribution >= 4 is 17.4 Å². The van der Waals surface area contributed by atoms with Gasteiger partial charge in [0.05, 0.1) is 23.8 Å². The second-order valence-electron chi connectivity index (χ2n) is 10.6. The van der Waals surface area contributed by atoms with E-state index in [1.54, 1.807) is 19.9 Å². The highest BCUT2D eigenvalue weighted by molar-refractivity contribution is 6.02. The van der Waals surface area contributed by atoms with Gasteiger partial charge in [0.15, 0.2) is 5.78 Å². The van der Waals surface area contributed by atoms with Gasteiger partial charge in [0, 0.05) is 11.7 Å². The monoisotopic (exact) mass is 474 g/mol. The Morgan fingerprint density at radius 2 is 1.82 bits per heavy atom. The zero-order valence-electron chi connectivity index (χ0n) is 21.6. The third-order valence-corrected chi connectivity index (χ3v) is 6.34. The van der Waals surface area contributed by atoms with Crippen LogP contribution in [0.5, 0.6) is 5.75 Å². The summed E-state index contributed by atoms with van der Waals surface area (Å²) in [5.74, 6) is 0.517. The predicted molar refractivity (Wildman–Crippen MR) is 139 cm³/mol. The first-order chi connectivity index (χ1) is 16.1. The first-order valence-electron chi connectivity index (χ1n) is 13.0. The molecule has 0 heterocycles. The summed E-state index contributed by atoms with van der Waals surface area (Å²) in [5.41, 5.74) is 12.0. The molecular formula is C27H46N4O3. The number of anilines is 1. The van der Waals surface area contributed by atoms with Gasteiger partial charge in [-0.1, -0.05) is 32.1 Å². The van der Waals surface area contributed by atoms with Crippen molar-refractivity contribution in [1.29, 1.82) is 0 Å². The Balaban J connectivity index is 2.23. The number of nitrogens with one attached hydrogen (secondary N) is 2. The van der Waals surface area contributed by atoms with Crippen molar-refractivity contribution in [3.05, 3.63) is 23.8 Å². The van der Waals surface area contributed by atoms with E-state index in [1.807, 2.05) is 26.0 Å². The molecule has 0 saturated heterocycles. The average molecular weight is 475 g/mol. The Kier molecular flexibility index (Phi) is 11.3. The molecule has 1 aromatic carbocycles. The molecule has 1 aromatic rings. The van der Waals surface area contributed by atoms with Crippen LogP contribution in [0.15, 0.2) is 18.2 Å². The van der Waals surface area contributed by atoms with Crippen LogP contribution in [0.2, 0.25) is 0 Å². The van der Waals surface area contributed by atoms with Crippen LogP contribution in [0, 0.1) is 5.92 Å². The molecular weight excluding hydrogens is 428 g/mol. The number of carbonyl (C=O) groups excluding carboxylic acids is 2. The van der Waals surface area contributed by atoms with Crippen molar-refractivity contribution in [3.63, 3.8) is 0 Å². The van der Waals surface area contributed by atoms with E-state index >= 15 is 0 Å². The van der Waals surface area contributed by atoms with Crippen LogP contribution >= 0.6 is 0 Å². The molecule has 6 N–H and O–H groups in total. The lowest BCUT2D eigenvalue weighted by atomic mass is 9.81. The molecule has 7 nitrogen and oxygen atoms in total. The fourth-order valence-electron chi connectivity index (χ4n) is 4.53. The van der Waals surface area contributed by atoms with Crippen molar-refractivity contribution in [2.24, 2.45) is 17.4 Å². The number of rotatable bonds is 14. The lowest BCUT2D eigenvalue weighted by Crippen LogP contribution is -2.54. The van der Waals surface area contributed by atoms with Gasteiger partial charge < -0.3 is 26.8 Å². The largest absolute Gasteiger partial charge is 0.493 e. The minimum atomic E-state index is -1.02. The maximum absolute atomic E-state index is 13.5. The molecule has 1 aliphatic rings. The first-order valence-corrected chi connectivity index (χ1v) is 13.0. The summed E-state index contributed by atoms with van der Waals surface area (Å²) in [7, 11) is 0. The molecule has 192 valence electrons. The number of ether oxygens (including phenoxy) is 1. The molecule has 0 spiro atoms. The molecule has 0 bridgehead atoms. The second kappa shape index (κ2) is 13.7. The third kappa shape index (κ3) is 9.26. The minimum Gasteiger partial charge on any atom is -0.493 e. The van der Waals surface area contributed by atoms with Crippen molar-refractivity contribution < 1.29 is 14.3 Å². The van der Waals surface area contributed by atoms with Gasteiger partial charge in [-0.25, -0.2) is 0 Å². The number of amides is 1. The number of ketones is 1. The number of hydrogen-bond acceptors (Lipinski definition) is 6. The van der Waals surface area contributed by atoms with Gasteiger partial charge in [0.1, 0.15) is 5.75 Å². The standard InChI is InChI=1S/C27H46N4O3/c1-19(2)30-21-13-14-24(34-16-10-6-9-15-28)22(18-21)26(33)31-23(25(32)27(3,4)29)17-20-11-7-5-8-12-20/h13-14,18-20,23,30H,5-12,15-17,28-29H2,1-4H3,(H,31,33)/t23-/m0/s1. The first kappa shape index (κ1) is 28.1. The highest BCUT2D eigenvalue weighted by Crippen LogP contribution is 2.29. The van der Waals surface area contributed by atoms with E-state index in [4.69, 9.17) is 16.2 Å². The zero-order chi connectivity index (χ0) is 25.1. The summed E-state index contributed by atoms with van der Waals surface area (Å²) in [4.78, 5) is 26.7. The molecule has 2 rings (SSSR count). The van der Waals surface area contributed by atoms with Crippen LogP contribution in [0.4, 0.5) is 5.69 Å². The van der Waals surface area contributed by atoms with Crippen molar-refractivity contribution in [2.45, 2.75) is 103 Å². The van der Waals surface area contributed by atoms with Gasteiger partial charge in [-0.05, 0) is 84.0 Å². The highest BCUT2D eigenvalue weighted by atomic mass is 16.5. The van der Waals surface area contributed by atoms with Crippen molar-refractivity contribution in [2.75, 3.05) is 18.5 Å². The Morgan fingerprint density at radius 3 is 2.44 bits per heavy atom. The summed E-state index contributed by atoms with van der Waals surface area (Å²) >= 11 is 0. The number of carbonyl (C=O) groups is 2. The average Bonchev–Trinajstić information content (AvgIpc) is 2.78. The molecule has 0 radical (unpaired) electrons. The predicted octanol–water partition coefficient (Wildman–Crippen LogP) is 4.39. The number of hydrogen-bond donors (Lipinski definition) is 4. The van der Waals surface area contributed by atoms with Gasteiger partial charge in [-0.2, -0.15) is 0 Å². The topological polar surface area (TPSA) is 119 Å². The van der Waals surface area contributed by atoms with Gasteiger partial charge >= 0.3 is 0 Å². The quantitative estimate of drug-likeness (QED) is 0.297. The van der Waals surface area contributed by atoms with Gasteiger partial charge in [0.2, 0.25) is 0 Å². The zero-order valence-corrected chi connectivity index (χ0v) is 21.6. The van der Waals surface area contributed by atoms with E-state index < -0.39 is 11.6 Å². The van der Waals surface area contributed by atoms with Crippen LogP contribution in [0.3, 0.4) is 0 Å². The number of Topliss-reactive ketones (excluding diaryl/α,β-unsaturated/α-hetero) is 1. The van der Waals surface area contributed by atoms with Gasteiger partial charge in [-0.3, -0.25) is 9.59 Å². The van der Waals surface area contributed by atoms with Crippen LogP contribution in [0.25, 0.3) is 0 Å². The van der Waals surface area contributed by atoms with E-state index in [2.05, 4.69) is 10.6 Å². The lowest BCUT2D eigenvalue weighted by molar-refractivity contribution is -0.125. The Hall–Kier alpha value is -2.12. The van der Waals surface area contributed by atoms with Crippen molar-refractivity contribution in [1.82, 2.24) is 5.32 Å². The fourth-order valence-corrected chi connectivity index (χ4v) is 4.53. The maximum atomic E-state index is 13.5. The second-order valence-corrected chi connectivity index (χ2v) is 10.6. The smallest absolute Gasteiger partial charge is 0.255 e. The van der Waals surface area contributed by atoms with E-state index in [0.717, 1.165) is 37.8 Å². The molecule has 1 atom stereocenters. The van der Waals surface area contributed by atoms with E-state index in [0.29, 0.717) is 36.8 Å². The molecule has 7 heteroatoms. The summed E-state index contributed by atoms with van der Waals surface area (Å²) < 4.78 is 5.99. The summed E-state index contributed by atoms with van der Waals surface area (Å²) in [6, 6.07) is 5.15. The van der Waals surface area contributed by atoms with Crippen LogP contribution in [0.1, 0.15) is 95.8 Å². The van der Waals surface area contributed by atoms with Crippen LogP contribution in [-0.4, -0.2) is 42.5 Å². The van der Waals surface area contributed by atoms with Crippen molar-refractivity contribution in [3.8, 4) is 5.75 Å². The molecule has 1 saturated carbocycles. The molecule has 1 amide bonds. The Labute approximate surface area is 205 Å². The summed E-state index contributed by atoms with van der Waals surface area (Å²) in [6.07, 6.45) is 9.21. The number of nitrogens with two attached hydrogens (primary N) is 2. The summed E-state index contributed by atoms with van der Waals surface area (Å²) in [6.45, 7) is 8.68. The van der Waals surface area contributed by atoms with Gasteiger partial charge in [0.25, 0.3) is 5.91 Å². The minimum absolute atomic E-state index is 0.132. The van der Waals surface area contributed by atoms with Gasteiger partial charge in [-0.15, -0.1) is 0 Å². The van der Waals surface area contributed by atoms with Crippen LogP contribution in [-0.2, 0) is 4.79 Å². The highest BCUT2D eigenvalue weighted by Gasteiger charge is 2.34.